The lowest BCUT2D eigenvalue weighted by Crippen LogP contribution is -2.30. The lowest BCUT2D eigenvalue weighted by atomic mass is 9.78. The zero-order chi connectivity index (χ0) is 95.5. The highest BCUT2D eigenvalue weighted by Crippen LogP contribution is 2.44. The number of hydrogen-bond donors (Lipinski definition) is 6. The monoisotopic (exact) mass is 1830 g/mol. The molecule has 0 amide bonds. The van der Waals surface area contributed by atoms with Gasteiger partial charge in [0.2, 0.25) is 5.71 Å². The highest BCUT2D eigenvalue weighted by molar-refractivity contribution is 6.62. The summed E-state index contributed by atoms with van der Waals surface area (Å²) in [6, 6.07) is 123. The van der Waals surface area contributed by atoms with E-state index in [4.69, 9.17) is 72.4 Å². The van der Waals surface area contributed by atoms with Gasteiger partial charge in [0.25, 0.3) is 0 Å². The van der Waals surface area contributed by atoms with Gasteiger partial charge in [-0.3, -0.25) is 9.97 Å². The van der Waals surface area contributed by atoms with E-state index in [1.165, 1.54) is 5.39 Å². The second-order valence-corrected chi connectivity index (χ2v) is 31.9. The topological polar surface area (TPSA) is 365 Å². The predicted molar refractivity (Wildman–Crippen MR) is 552 cm³/mol. The van der Waals surface area contributed by atoms with E-state index in [1.54, 1.807) is 24.5 Å². The molecule has 0 aliphatic rings. The van der Waals surface area contributed by atoms with Crippen LogP contribution in [0.15, 0.2) is 403 Å². The minimum absolute atomic E-state index is 0.00506. The summed E-state index contributed by atoms with van der Waals surface area (Å²) in [5, 5.41) is 69.8. The maximum absolute atomic E-state index is 9.80. The van der Waals surface area contributed by atoms with Crippen molar-refractivity contribution in [3.05, 3.63) is 395 Å². The maximum Gasteiger partial charge on any atom is 0.571 e. The van der Waals surface area contributed by atoms with Crippen LogP contribution in [0.25, 0.3) is 222 Å². The minimum atomic E-state index is -1.58. The molecule has 0 fully saturated rings. The van der Waals surface area contributed by atoms with Gasteiger partial charge in [-0.1, -0.05) is 309 Å². The molecule has 668 valence electrons. The van der Waals surface area contributed by atoms with Crippen LogP contribution in [0.4, 0.5) is 0 Å². The zero-order valence-electron chi connectivity index (χ0n) is 74.3. The molecule has 9 aromatic heterocycles. The fraction of sp³-hybridized carbons (Fsp3) is 0. The molecular formula is C110H71B5N14O12. The Morgan fingerprint density at radius 2 is 0.709 bits per heavy atom. The van der Waals surface area contributed by atoms with Crippen molar-refractivity contribution in [2.45, 2.75) is 0 Å². The van der Waals surface area contributed by atoms with Gasteiger partial charge in [0.1, 0.15) is 28.0 Å². The number of rotatable bonds is 18. The third-order valence-corrected chi connectivity index (χ3v) is 23.3. The van der Waals surface area contributed by atoms with E-state index >= 15 is 0 Å². The number of fused-ring (bicyclic) bond motifs is 14. The van der Waals surface area contributed by atoms with Crippen molar-refractivity contribution >= 4 is 163 Å². The zero-order valence-corrected chi connectivity index (χ0v) is 74.3. The van der Waals surface area contributed by atoms with Gasteiger partial charge in [0.05, 0.1) is 27.7 Å². The van der Waals surface area contributed by atoms with Crippen molar-refractivity contribution in [3.63, 3.8) is 0 Å². The molecule has 0 unspecified atom stereocenters. The number of furan rings is 2. The molecule has 4 radical (unpaired) electrons. The molecule has 0 atom stereocenters. The van der Waals surface area contributed by atoms with Crippen LogP contribution in [0.3, 0.4) is 0 Å². The first kappa shape index (κ1) is 89.3. The Morgan fingerprint density at radius 3 is 1.30 bits per heavy atom. The first-order chi connectivity index (χ1) is 69.5. The van der Waals surface area contributed by atoms with Crippen LogP contribution in [0.2, 0.25) is 0 Å². The van der Waals surface area contributed by atoms with Crippen molar-refractivity contribution in [2.75, 3.05) is 0 Å². The average molecular weight is 1830 g/mol. The summed E-state index contributed by atoms with van der Waals surface area (Å²) in [6.45, 7) is 0. The van der Waals surface area contributed by atoms with Gasteiger partial charge in [-0.05, 0) is 111 Å². The fourth-order valence-electron chi connectivity index (χ4n) is 16.9. The maximum atomic E-state index is 9.80. The van der Waals surface area contributed by atoms with Gasteiger partial charge >= 0.3 is 49.9 Å². The Labute approximate surface area is 806 Å². The summed E-state index contributed by atoms with van der Waals surface area (Å²) >= 11 is 0. The van der Waals surface area contributed by atoms with Gasteiger partial charge in [0.15, 0.2) is 52.5 Å². The smallest absolute Gasteiger partial charge is 0.535 e. The van der Waals surface area contributed by atoms with Crippen molar-refractivity contribution in [1.82, 2.24) is 69.8 Å². The third-order valence-electron chi connectivity index (χ3n) is 23.3. The Hall–Kier alpha value is -18.2. The standard InChI is InChI=1S/C31H19BN5O3.C28H19BN4O2.C25H15BN3O3.2C13H9BNO2/c38-32-40-31-33-25(19-11-4-1-5-12-19)24-22-17-10-18-23(26(22)39-30(24)37-31)29-35-27(20-13-6-2-7-14-20)34-28(36-29)21-15-8-3-9-16-21;34-29(35)24-14-15-30-25-17-22-20(16-23(24)25)12-7-13-21(22)28-32-26(18-8-3-1-4-9-18)31-27(33-28)19-10-5-2-6-11-19;30-26-32-25-28-23(15-8-2-1-3-9-15)27-24(29-25)19-14-16-10-4-5-11-17(16)22-21(19)18-12-6-7-13-20(18)31-22;16-14-17-13-11-6-2-1-4-9(11)8-10-5-3-7-15-12(10)13;16-14-17-13-6-5-11-7-9-3-1-2-4-10(9)8-12(11)15-13/h1-18,38H;1-17,34-35H;1-14,30H;2*1-8,16H. The first-order valence-electron chi connectivity index (χ1n) is 44.5. The van der Waals surface area contributed by atoms with Crippen LogP contribution < -0.4 is 24.1 Å². The minimum Gasteiger partial charge on any atom is -0.535 e. The van der Waals surface area contributed by atoms with Gasteiger partial charge in [-0.15, -0.1) is 0 Å². The van der Waals surface area contributed by atoms with E-state index in [2.05, 4.69) is 59.2 Å². The second-order valence-electron chi connectivity index (χ2n) is 31.9. The number of para-hydroxylation sites is 2. The number of benzene rings is 16. The number of aromatic nitrogens is 14. The van der Waals surface area contributed by atoms with Gasteiger partial charge < -0.3 is 57.6 Å². The molecule has 9 heterocycles. The number of hydrogen-bond acceptors (Lipinski definition) is 26. The van der Waals surface area contributed by atoms with E-state index in [9.17, 15) is 20.1 Å². The summed E-state index contributed by atoms with van der Waals surface area (Å²) in [5.74, 6) is 5.16. The highest BCUT2D eigenvalue weighted by atomic mass is 16.5. The molecule has 26 nitrogen and oxygen atoms in total. The van der Waals surface area contributed by atoms with E-state index in [0.29, 0.717) is 133 Å². The molecule has 31 heteroatoms. The molecule has 141 heavy (non-hydrogen) atoms. The molecule has 25 aromatic rings. The molecule has 0 spiro atoms. The molecule has 0 saturated carbocycles. The molecular weight excluding hydrogens is 1760 g/mol. The van der Waals surface area contributed by atoms with Crippen LogP contribution in [0.1, 0.15) is 0 Å². The van der Waals surface area contributed by atoms with Gasteiger partial charge in [0, 0.05) is 100.0 Å². The van der Waals surface area contributed by atoms with Gasteiger partial charge in [-0.25, -0.2) is 39.9 Å². The van der Waals surface area contributed by atoms with Crippen molar-refractivity contribution in [2.24, 2.45) is 0 Å². The van der Waals surface area contributed by atoms with E-state index in [0.717, 1.165) is 131 Å². The molecule has 6 N–H and O–H groups in total. The molecule has 0 saturated heterocycles. The van der Waals surface area contributed by atoms with Crippen LogP contribution in [-0.2, 0) is 0 Å². The Balaban J connectivity index is 0.000000108. The second kappa shape index (κ2) is 40.8. The SMILES string of the molecule is OB(O)c1ccnc2cc3c(-c4nc(-c5ccccc5)nc(-c5ccccc5)n4)cccc3cc12.O[B]Oc1c2ccccc2cc2cccnc12.O[B]Oc1ccc2cc3ccccc3cc2n1.O[B]Oc1nc(-c2ccccc2)c2c(n1)oc1c(-c3nc(-c4ccccc4)nc(-c4ccccc4)n3)cccc12.O[B]Oc1nc(-c2ccccc2)nc(-c2cc3ccccc3c3oc4ccccc4c23)n1. The summed E-state index contributed by atoms with van der Waals surface area (Å²) in [6.07, 6.45) is 3.29. The lowest BCUT2D eigenvalue weighted by Gasteiger charge is -2.12. The molecule has 25 rings (SSSR count). The quantitative estimate of drug-likeness (QED) is 0.0343. The summed E-state index contributed by atoms with van der Waals surface area (Å²) < 4.78 is 32.9. The Kier molecular flexibility index (Phi) is 25.8. The lowest BCUT2D eigenvalue weighted by molar-refractivity contribution is 0.425. The normalized spacial score (nSPS) is 11.0. The largest absolute Gasteiger partial charge is 0.571 e. The fourth-order valence-corrected chi connectivity index (χ4v) is 16.9. The summed E-state index contributed by atoms with van der Waals surface area (Å²) in [4.78, 5) is 64.6. The average Bonchev–Trinajstić information content (AvgIpc) is 1.56. The summed E-state index contributed by atoms with van der Waals surface area (Å²) in [7, 11) is 0.860. The van der Waals surface area contributed by atoms with Crippen LogP contribution in [0, 0.1) is 0 Å². The molecule has 16 aromatic carbocycles. The van der Waals surface area contributed by atoms with E-state index in [1.807, 2.05) is 346 Å². The van der Waals surface area contributed by atoms with E-state index < -0.39 is 7.12 Å². The summed E-state index contributed by atoms with van der Waals surface area (Å²) in [5.41, 5.74) is 13.3. The molecule has 0 aliphatic heterocycles. The molecule has 0 bridgehead atoms. The van der Waals surface area contributed by atoms with Crippen molar-refractivity contribution < 1.29 is 57.6 Å². The van der Waals surface area contributed by atoms with Crippen LogP contribution >= 0.6 is 0 Å². The van der Waals surface area contributed by atoms with E-state index in [-0.39, 0.29) is 12.0 Å². The van der Waals surface area contributed by atoms with Crippen LogP contribution in [0.5, 0.6) is 23.7 Å². The van der Waals surface area contributed by atoms with Crippen molar-refractivity contribution in [3.8, 4) is 126 Å². The van der Waals surface area contributed by atoms with Gasteiger partial charge in [-0.2, -0.15) is 19.9 Å². The Bertz CT molecular complexity index is 8730. The number of nitrogens with zero attached hydrogens (tertiary/aromatic N) is 14. The van der Waals surface area contributed by atoms with Crippen molar-refractivity contribution in [1.29, 1.82) is 0 Å². The van der Waals surface area contributed by atoms with Crippen LogP contribution in [-0.4, -0.2) is 138 Å². The Morgan fingerprint density at radius 1 is 0.255 bits per heavy atom. The predicted octanol–water partition coefficient (Wildman–Crippen LogP) is 20.1. The third kappa shape index (κ3) is 18.9. The highest BCUT2D eigenvalue weighted by Gasteiger charge is 2.26. The molecule has 0 aliphatic carbocycles. The first-order valence-corrected chi connectivity index (χ1v) is 44.5. The number of pyridine rings is 3.